The summed E-state index contributed by atoms with van der Waals surface area (Å²) >= 11 is 0. The standard InChI is InChI=1S/C13H17N3O2S/c1-2-19(17,18)9-8-15-12-6-5-11(14)10-4-3-7-16-13(10)12/h3-7,15H,2,8-9,14H2,1H3. The Bertz CT molecular complexity index is 683. The summed E-state index contributed by atoms with van der Waals surface area (Å²) < 4.78 is 22.9. The maximum atomic E-state index is 11.4. The second kappa shape index (κ2) is 5.44. The van der Waals surface area contributed by atoms with Gasteiger partial charge in [0.1, 0.15) is 0 Å². The molecule has 6 heteroatoms. The Balaban J connectivity index is 2.20. The number of hydrogen-bond acceptors (Lipinski definition) is 5. The third-order valence-corrected chi connectivity index (χ3v) is 4.68. The molecule has 2 rings (SSSR count). The molecule has 0 spiro atoms. The van der Waals surface area contributed by atoms with Crippen LogP contribution in [0.15, 0.2) is 30.5 Å². The summed E-state index contributed by atoms with van der Waals surface area (Å²) in [5, 5.41) is 3.97. The van der Waals surface area contributed by atoms with E-state index in [1.165, 1.54) is 0 Å². The number of benzene rings is 1. The van der Waals surface area contributed by atoms with Gasteiger partial charge in [0.05, 0.1) is 17.0 Å². The number of hydrogen-bond donors (Lipinski definition) is 2. The molecule has 0 fully saturated rings. The molecule has 5 nitrogen and oxygen atoms in total. The number of rotatable bonds is 5. The molecule has 0 aliphatic heterocycles. The van der Waals surface area contributed by atoms with E-state index in [2.05, 4.69) is 10.3 Å². The van der Waals surface area contributed by atoms with Crippen LogP contribution in [0.1, 0.15) is 6.92 Å². The van der Waals surface area contributed by atoms with E-state index in [1.54, 1.807) is 19.2 Å². The maximum Gasteiger partial charge on any atom is 0.151 e. The van der Waals surface area contributed by atoms with Crippen molar-refractivity contribution in [2.45, 2.75) is 6.92 Å². The number of nitrogens with one attached hydrogen (secondary N) is 1. The van der Waals surface area contributed by atoms with Crippen molar-refractivity contribution in [1.82, 2.24) is 4.98 Å². The van der Waals surface area contributed by atoms with Gasteiger partial charge >= 0.3 is 0 Å². The number of aromatic nitrogens is 1. The van der Waals surface area contributed by atoms with Gasteiger partial charge < -0.3 is 11.1 Å². The third-order valence-electron chi connectivity index (χ3n) is 2.97. The first kappa shape index (κ1) is 13.6. The molecule has 0 aliphatic carbocycles. The number of nitrogen functional groups attached to an aromatic ring is 1. The van der Waals surface area contributed by atoms with Gasteiger partial charge in [0, 0.05) is 29.6 Å². The number of nitrogens with zero attached hydrogens (tertiary/aromatic N) is 1. The van der Waals surface area contributed by atoms with Gasteiger partial charge in [-0.05, 0) is 24.3 Å². The van der Waals surface area contributed by atoms with Crippen molar-refractivity contribution >= 4 is 32.1 Å². The minimum Gasteiger partial charge on any atom is -0.398 e. The van der Waals surface area contributed by atoms with E-state index < -0.39 is 9.84 Å². The summed E-state index contributed by atoms with van der Waals surface area (Å²) in [5.41, 5.74) is 8.11. The van der Waals surface area contributed by atoms with Crippen molar-refractivity contribution in [2.75, 3.05) is 29.1 Å². The van der Waals surface area contributed by atoms with Gasteiger partial charge in [0.25, 0.3) is 0 Å². The number of sulfone groups is 1. The van der Waals surface area contributed by atoms with Crippen molar-refractivity contribution in [3.63, 3.8) is 0 Å². The summed E-state index contributed by atoms with van der Waals surface area (Å²) in [5.74, 6) is 0.275. The van der Waals surface area contributed by atoms with Gasteiger partial charge in [0.15, 0.2) is 9.84 Å². The molecule has 19 heavy (non-hydrogen) atoms. The fourth-order valence-electron chi connectivity index (χ4n) is 1.82. The van der Waals surface area contributed by atoms with Crippen molar-refractivity contribution in [3.8, 4) is 0 Å². The highest BCUT2D eigenvalue weighted by molar-refractivity contribution is 7.91. The molecule has 0 bridgehead atoms. The van der Waals surface area contributed by atoms with E-state index in [0.717, 1.165) is 16.6 Å². The summed E-state index contributed by atoms with van der Waals surface area (Å²) in [6.45, 7) is 2.02. The first-order chi connectivity index (χ1) is 9.03. The molecule has 0 radical (unpaired) electrons. The monoisotopic (exact) mass is 279 g/mol. The molecule has 3 N–H and O–H groups in total. The van der Waals surface area contributed by atoms with Gasteiger partial charge in [-0.25, -0.2) is 8.42 Å². The molecule has 0 aliphatic rings. The minimum atomic E-state index is -2.96. The fourth-order valence-corrected chi connectivity index (χ4v) is 2.52. The first-order valence-electron chi connectivity index (χ1n) is 6.11. The zero-order valence-corrected chi connectivity index (χ0v) is 11.6. The smallest absolute Gasteiger partial charge is 0.151 e. The molecule has 102 valence electrons. The highest BCUT2D eigenvalue weighted by Crippen LogP contribution is 2.25. The predicted molar refractivity (Wildman–Crippen MR) is 79.0 cm³/mol. The van der Waals surface area contributed by atoms with Gasteiger partial charge in [-0.15, -0.1) is 0 Å². The lowest BCUT2D eigenvalue weighted by atomic mass is 10.1. The SMILES string of the molecule is CCS(=O)(=O)CCNc1ccc(N)c2cccnc12. The van der Waals surface area contributed by atoms with E-state index >= 15 is 0 Å². The first-order valence-corrected chi connectivity index (χ1v) is 7.93. The Morgan fingerprint density at radius 1 is 1.32 bits per heavy atom. The number of pyridine rings is 1. The van der Waals surface area contributed by atoms with E-state index in [4.69, 9.17) is 5.73 Å². The minimum absolute atomic E-state index is 0.113. The maximum absolute atomic E-state index is 11.4. The van der Waals surface area contributed by atoms with Gasteiger partial charge in [-0.1, -0.05) is 6.92 Å². The summed E-state index contributed by atoms with van der Waals surface area (Å²) in [7, 11) is -2.96. The van der Waals surface area contributed by atoms with Crippen LogP contribution in [-0.4, -0.2) is 31.5 Å². The Labute approximate surface area is 112 Å². The second-order valence-electron chi connectivity index (χ2n) is 4.27. The third kappa shape index (κ3) is 3.14. The van der Waals surface area contributed by atoms with E-state index in [-0.39, 0.29) is 11.5 Å². The fraction of sp³-hybridized carbons (Fsp3) is 0.308. The Morgan fingerprint density at radius 3 is 2.84 bits per heavy atom. The molecular weight excluding hydrogens is 262 g/mol. The molecule has 1 aromatic carbocycles. The lowest BCUT2D eigenvalue weighted by Gasteiger charge is -2.10. The van der Waals surface area contributed by atoms with Crippen molar-refractivity contribution in [3.05, 3.63) is 30.5 Å². The van der Waals surface area contributed by atoms with E-state index in [1.807, 2.05) is 18.2 Å². The molecule has 0 amide bonds. The lowest BCUT2D eigenvalue weighted by molar-refractivity contribution is 0.597. The average Bonchev–Trinajstić information content (AvgIpc) is 2.42. The van der Waals surface area contributed by atoms with Gasteiger partial charge in [0.2, 0.25) is 0 Å². The van der Waals surface area contributed by atoms with Crippen LogP contribution in [0.4, 0.5) is 11.4 Å². The zero-order valence-electron chi connectivity index (χ0n) is 10.8. The van der Waals surface area contributed by atoms with Gasteiger partial charge in [-0.3, -0.25) is 4.98 Å². The van der Waals surface area contributed by atoms with Gasteiger partial charge in [-0.2, -0.15) is 0 Å². The van der Waals surface area contributed by atoms with Crippen LogP contribution in [0.5, 0.6) is 0 Å². The van der Waals surface area contributed by atoms with Crippen LogP contribution in [0.3, 0.4) is 0 Å². The van der Waals surface area contributed by atoms with Crippen molar-refractivity contribution in [1.29, 1.82) is 0 Å². The molecule has 0 saturated heterocycles. The largest absolute Gasteiger partial charge is 0.398 e. The van der Waals surface area contributed by atoms with Crippen LogP contribution >= 0.6 is 0 Å². The van der Waals surface area contributed by atoms with Crippen LogP contribution in [0, 0.1) is 0 Å². The average molecular weight is 279 g/mol. The van der Waals surface area contributed by atoms with E-state index in [9.17, 15) is 8.42 Å². The van der Waals surface area contributed by atoms with E-state index in [0.29, 0.717) is 12.2 Å². The van der Waals surface area contributed by atoms with Crippen molar-refractivity contribution < 1.29 is 8.42 Å². The normalized spacial score (nSPS) is 11.6. The van der Waals surface area contributed by atoms with Crippen LogP contribution in [0.2, 0.25) is 0 Å². The Hall–Kier alpha value is -1.82. The Morgan fingerprint density at radius 2 is 2.11 bits per heavy atom. The summed E-state index contributed by atoms with van der Waals surface area (Å²) in [4.78, 5) is 4.29. The Kier molecular flexibility index (Phi) is 3.90. The topological polar surface area (TPSA) is 85.1 Å². The molecule has 0 atom stereocenters. The molecular formula is C13H17N3O2S. The highest BCUT2D eigenvalue weighted by Gasteiger charge is 2.08. The summed E-state index contributed by atoms with van der Waals surface area (Å²) in [6.07, 6.45) is 1.69. The predicted octanol–water partition coefficient (Wildman–Crippen LogP) is 1.66. The van der Waals surface area contributed by atoms with Crippen LogP contribution < -0.4 is 11.1 Å². The van der Waals surface area contributed by atoms with Crippen LogP contribution in [-0.2, 0) is 9.84 Å². The molecule has 0 unspecified atom stereocenters. The summed E-state index contributed by atoms with van der Waals surface area (Å²) in [6, 6.07) is 7.33. The molecule has 2 aromatic rings. The molecule has 1 aromatic heterocycles. The van der Waals surface area contributed by atoms with Crippen LogP contribution in [0.25, 0.3) is 10.9 Å². The highest BCUT2D eigenvalue weighted by atomic mass is 32.2. The quantitative estimate of drug-likeness (QED) is 0.813. The second-order valence-corrected chi connectivity index (χ2v) is 6.74. The lowest BCUT2D eigenvalue weighted by Crippen LogP contribution is -2.17. The molecule has 0 saturated carbocycles. The molecule has 1 heterocycles. The zero-order chi connectivity index (χ0) is 13.9. The van der Waals surface area contributed by atoms with Crippen molar-refractivity contribution in [2.24, 2.45) is 0 Å². The number of nitrogens with two attached hydrogens (primary N) is 1. The number of fused-ring (bicyclic) bond motifs is 1. The number of anilines is 2.